The molecule has 0 spiro atoms. The zero-order valence-corrected chi connectivity index (χ0v) is 15.9. The number of piperazine rings is 1. The van der Waals surface area contributed by atoms with Gasteiger partial charge in [-0.1, -0.05) is 0 Å². The summed E-state index contributed by atoms with van der Waals surface area (Å²) in [6.45, 7) is 3.64. The van der Waals surface area contributed by atoms with E-state index >= 15 is 0 Å². The van der Waals surface area contributed by atoms with Crippen molar-refractivity contribution in [3.63, 3.8) is 0 Å². The largest absolute Gasteiger partial charge is 0.465 e. The van der Waals surface area contributed by atoms with Gasteiger partial charge < -0.3 is 19.1 Å². The number of nitrogens with zero attached hydrogens (tertiary/aromatic N) is 3. The summed E-state index contributed by atoms with van der Waals surface area (Å²) in [5, 5.41) is 0.179. The van der Waals surface area contributed by atoms with Gasteiger partial charge in [0.15, 0.2) is 0 Å². The summed E-state index contributed by atoms with van der Waals surface area (Å²) in [4.78, 5) is 39.9. The fourth-order valence-corrected chi connectivity index (χ4v) is 3.77. The van der Waals surface area contributed by atoms with Gasteiger partial charge in [-0.25, -0.2) is 9.18 Å². The van der Waals surface area contributed by atoms with Crippen LogP contribution in [-0.2, 0) is 9.53 Å². The monoisotopic (exact) mass is 387 g/mol. The van der Waals surface area contributed by atoms with Crippen molar-refractivity contribution in [1.82, 2.24) is 9.47 Å². The molecule has 1 amide bonds. The molecule has 1 aromatic carbocycles. The zero-order chi connectivity index (χ0) is 20.0. The Morgan fingerprint density at radius 3 is 2.39 bits per heavy atom. The minimum atomic E-state index is -0.717. The highest BCUT2D eigenvalue weighted by molar-refractivity contribution is 5.94. The fraction of sp³-hybridized carbons (Fsp3) is 0.450. The number of fused-ring (bicyclic) bond motifs is 1. The number of methoxy groups -OCH3 is 1. The first-order chi connectivity index (χ1) is 13.4. The van der Waals surface area contributed by atoms with E-state index in [0.29, 0.717) is 37.4 Å². The van der Waals surface area contributed by atoms with Gasteiger partial charge in [0, 0.05) is 50.7 Å². The first kappa shape index (κ1) is 18.5. The summed E-state index contributed by atoms with van der Waals surface area (Å²) in [6, 6.07) is 3.10. The summed E-state index contributed by atoms with van der Waals surface area (Å²) < 4.78 is 21.5. The average molecular weight is 387 g/mol. The summed E-state index contributed by atoms with van der Waals surface area (Å²) in [7, 11) is 1.22. The molecule has 8 heteroatoms. The quantitative estimate of drug-likeness (QED) is 0.753. The molecule has 148 valence electrons. The first-order valence-corrected chi connectivity index (χ1v) is 9.38. The van der Waals surface area contributed by atoms with Crippen LogP contribution in [0.1, 0.15) is 36.2 Å². The number of halogens is 1. The second-order valence-corrected chi connectivity index (χ2v) is 7.32. The Kier molecular flexibility index (Phi) is 4.56. The molecule has 2 fully saturated rings. The second-order valence-electron chi connectivity index (χ2n) is 7.32. The summed E-state index contributed by atoms with van der Waals surface area (Å²) >= 11 is 0. The van der Waals surface area contributed by atoms with E-state index in [-0.39, 0.29) is 22.9 Å². The van der Waals surface area contributed by atoms with Gasteiger partial charge in [-0.05, 0) is 25.0 Å². The summed E-state index contributed by atoms with van der Waals surface area (Å²) in [6.07, 6.45) is 3.43. The van der Waals surface area contributed by atoms with Gasteiger partial charge in [-0.15, -0.1) is 0 Å². The minimum Gasteiger partial charge on any atom is -0.465 e. The van der Waals surface area contributed by atoms with Crippen molar-refractivity contribution in [2.24, 2.45) is 0 Å². The summed E-state index contributed by atoms with van der Waals surface area (Å²) in [5.41, 5.74) is 0.426. The molecule has 2 aromatic rings. The van der Waals surface area contributed by atoms with Crippen LogP contribution in [0.2, 0.25) is 0 Å². The lowest BCUT2D eigenvalue weighted by Crippen LogP contribution is -2.48. The predicted octanol–water partition coefficient (Wildman–Crippen LogP) is 1.93. The van der Waals surface area contributed by atoms with Crippen LogP contribution in [0.3, 0.4) is 0 Å². The van der Waals surface area contributed by atoms with Crippen LogP contribution in [0.4, 0.5) is 10.1 Å². The molecule has 2 heterocycles. The highest BCUT2D eigenvalue weighted by Gasteiger charge is 2.29. The summed E-state index contributed by atoms with van der Waals surface area (Å²) in [5.74, 6) is -1.21. The van der Waals surface area contributed by atoms with E-state index in [1.165, 1.54) is 26.3 Å². The molecule has 2 aliphatic rings. The number of aromatic nitrogens is 1. The molecule has 0 N–H and O–H groups in total. The molecule has 7 nitrogen and oxygen atoms in total. The number of rotatable bonds is 3. The van der Waals surface area contributed by atoms with Crippen LogP contribution in [0.15, 0.2) is 23.1 Å². The van der Waals surface area contributed by atoms with Crippen LogP contribution < -0.4 is 10.3 Å². The van der Waals surface area contributed by atoms with Crippen molar-refractivity contribution in [1.29, 1.82) is 0 Å². The van der Waals surface area contributed by atoms with E-state index in [1.807, 2.05) is 9.47 Å². The molecule has 0 unspecified atom stereocenters. The Bertz CT molecular complexity index is 1020. The lowest BCUT2D eigenvalue weighted by Gasteiger charge is -2.36. The molecule has 1 saturated carbocycles. The van der Waals surface area contributed by atoms with E-state index < -0.39 is 17.2 Å². The van der Waals surface area contributed by atoms with Gasteiger partial charge in [0.05, 0.1) is 18.3 Å². The second kappa shape index (κ2) is 6.92. The van der Waals surface area contributed by atoms with Gasteiger partial charge in [-0.3, -0.25) is 9.59 Å². The predicted molar refractivity (Wildman–Crippen MR) is 102 cm³/mol. The van der Waals surface area contributed by atoms with Crippen LogP contribution in [-0.4, -0.2) is 54.6 Å². The lowest BCUT2D eigenvalue weighted by molar-refractivity contribution is -0.129. The molecule has 4 rings (SSSR count). The van der Waals surface area contributed by atoms with Crippen molar-refractivity contribution in [2.75, 3.05) is 38.2 Å². The van der Waals surface area contributed by atoms with Crippen LogP contribution in [0.25, 0.3) is 10.9 Å². The third kappa shape index (κ3) is 3.12. The van der Waals surface area contributed by atoms with Gasteiger partial charge in [0.1, 0.15) is 11.4 Å². The number of amides is 1. The molecular formula is C20H22FN3O4. The Balaban J connectivity index is 1.80. The molecule has 1 aromatic heterocycles. The van der Waals surface area contributed by atoms with E-state index in [0.717, 1.165) is 12.8 Å². The fourth-order valence-electron chi connectivity index (χ4n) is 3.77. The molecule has 1 aliphatic carbocycles. The van der Waals surface area contributed by atoms with Crippen molar-refractivity contribution in [3.8, 4) is 0 Å². The van der Waals surface area contributed by atoms with Gasteiger partial charge in [0.25, 0.3) is 0 Å². The number of hydrogen-bond donors (Lipinski definition) is 0. The Morgan fingerprint density at radius 2 is 1.82 bits per heavy atom. The van der Waals surface area contributed by atoms with Crippen molar-refractivity contribution in [3.05, 3.63) is 39.9 Å². The van der Waals surface area contributed by atoms with Crippen LogP contribution >= 0.6 is 0 Å². The normalized spacial score (nSPS) is 17.1. The average Bonchev–Trinajstić information content (AvgIpc) is 3.53. The number of ether oxygens (including phenoxy) is 1. The topological polar surface area (TPSA) is 71.8 Å². The maximum absolute atomic E-state index is 14.9. The molecule has 0 bridgehead atoms. The number of carbonyl (C=O) groups excluding carboxylic acids is 2. The Hall–Kier alpha value is -2.90. The minimum absolute atomic E-state index is 0.0107. The van der Waals surface area contributed by atoms with E-state index in [1.54, 1.807) is 11.0 Å². The number of esters is 1. The molecule has 1 aliphatic heterocycles. The molecule has 1 saturated heterocycles. The maximum atomic E-state index is 14.9. The molecule has 28 heavy (non-hydrogen) atoms. The van der Waals surface area contributed by atoms with Gasteiger partial charge >= 0.3 is 5.97 Å². The van der Waals surface area contributed by atoms with E-state index in [9.17, 15) is 18.8 Å². The Labute approximate surface area is 161 Å². The third-order valence-electron chi connectivity index (χ3n) is 5.51. The first-order valence-electron chi connectivity index (χ1n) is 9.38. The third-order valence-corrected chi connectivity index (χ3v) is 5.51. The highest BCUT2D eigenvalue weighted by atomic mass is 19.1. The lowest BCUT2D eigenvalue weighted by atomic mass is 10.1. The number of pyridine rings is 1. The van der Waals surface area contributed by atoms with Crippen LogP contribution in [0.5, 0.6) is 0 Å². The zero-order valence-electron chi connectivity index (χ0n) is 15.9. The standard InChI is InChI=1S/C20H22FN3O4/c1-12(25)22-5-7-23(8-6-22)18-10-17-14(9-16(18)21)19(26)15(20(27)28-2)11-24(17)13-3-4-13/h9-11,13H,3-8H2,1-2H3. The highest BCUT2D eigenvalue weighted by Crippen LogP contribution is 2.38. The molecule has 0 atom stereocenters. The SMILES string of the molecule is COC(=O)c1cn(C2CC2)c2cc(N3CCN(C(C)=O)CC3)c(F)cc2c1=O. The van der Waals surface area contributed by atoms with Crippen molar-refractivity contribution >= 4 is 28.5 Å². The Morgan fingerprint density at radius 1 is 1.14 bits per heavy atom. The van der Waals surface area contributed by atoms with Gasteiger partial charge in [0.2, 0.25) is 11.3 Å². The van der Waals surface area contributed by atoms with Crippen LogP contribution in [0, 0.1) is 5.82 Å². The number of benzene rings is 1. The number of anilines is 1. The van der Waals surface area contributed by atoms with Crippen molar-refractivity contribution < 1.29 is 18.7 Å². The maximum Gasteiger partial charge on any atom is 0.343 e. The van der Waals surface area contributed by atoms with Gasteiger partial charge in [-0.2, -0.15) is 0 Å². The number of carbonyl (C=O) groups is 2. The van der Waals surface area contributed by atoms with E-state index in [4.69, 9.17) is 4.74 Å². The van der Waals surface area contributed by atoms with E-state index in [2.05, 4.69) is 0 Å². The van der Waals surface area contributed by atoms with Crippen molar-refractivity contribution in [2.45, 2.75) is 25.8 Å². The molecular weight excluding hydrogens is 365 g/mol. The number of hydrogen-bond acceptors (Lipinski definition) is 5. The smallest absolute Gasteiger partial charge is 0.343 e. The molecule has 0 radical (unpaired) electrons.